The van der Waals surface area contributed by atoms with E-state index in [1.54, 1.807) is 6.07 Å². The maximum atomic E-state index is 11.8. The van der Waals surface area contributed by atoms with Crippen molar-refractivity contribution >= 4 is 12.3 Å². The van der Waals surface area contributed by atoms with Gasteiger partial charge in [0.2, 0.25) is 12.3 Å². The van der Waals surface area contributed by atoms with Gasteiger partial charge in [0.05, 0.1) is 5.41 Å². The number of carbonyl (C=O) groups is 2. The minimum atomic E-state index is -0.622. The number of nitrogens with zero attached hydrogens (tertiary/aromatic N) is 3. The van der Waals surface area contributed by atoms with E-state index in [0.29, 0.717) is 17.8 Å². The molecule has 1 unspecified atom stereocenters. The zero-order valence-corrected chi connectivity index (χ0v) is 21.2. The molecule has 0 aliphatic heterocycles. The number of fused-ring (bicyclic) bond motifs is 1. The Bertz CT molecular complexity index is 1010. The molecule has 1 aliphatic rings. The Balaban J connectivity index is 0.00000107. The summed E-state index contributed by atoms with van der Waals surface area (Å²) in [5, 5.41) is 15.3. The average Bonchev–Trinajstić information content (AvgIpc) is 3.33. The van der Waals surface area contributed by atoms with Gasteiger partial charge >= 0.3 is 0 Å². The Morgan fingerprint density at radius 3 is 2.44 bits per heavy atom. The molecule has 0 radical (unpaired) electrons. The molecule has 2 aromatic rings. The summed E-state index contributed by atoms with van der Waals surface area (Å²) in [6.45, 7) is 12.4. The Labute approximate surface area is 202 Å². The first kappa shape index (κ1) is 28.7. The Kier molecular flexibility index (Phi) is 11.3. The van der Waals surface area contributed by atoms with Crippen LogP contribution in [0, 0.1) is 0 Å². The monoisotopic (exact) mass is 469 g/mol. The third-order valence-corrected chi connectivity index (χ3v) is 5.97. The number of benzene rings is 1. The van der Waals surface area contributed by atoms with Crippen LogP contribution in [0.15, 0.2) is 41.0 Å². The first-order valence-corrected chi connectivity index (χ1v) is 11.7. The molecule has 9 heteroatoms. The van der Waals surface area contributed by atoms with Gasteiger partial charge in [-0.3, -0.25) is 9.59 Å². The van der Waals surface area contributed by atoms with Crippen molar-refractivity contribution in [2.45, 2.75) is 78.7 Å². The van der Waals surface area contributed by atoms with Crippen molar-refractivity contribution in [3.63, 3.8) is 0 Å². The van der Waals surface area contributed by atoms with E-state index in [1.807, 2.05) is 32.9 Å². The van der Waals surface area contributed by atoms with Crippen molar-refractivity contribution in [1.29, 1.82) is 0 Å². The number of allylic oxidation sites excluding steroid dienone is 4. The lowest BCUT2D eigenvalue weighted by molar-refractivity contribution is -0.106. The number of amides is 2. The van der Waals surface area contributed by atoms with E-state index in [0.717, 1.165) is 30.4 Å². The van der Waals surface area contributed by atoms with Crippen LogP contribution in [0.5, 0.6) is 0 Å². The van der Waals surface area contributed by atoms with E-state index in [-0.39, 0.29) is 12.5 Å². The van der Waals surface area contributed by atoms with E-state index in [4.69, 9.17) is 16.3 Å². The highest BCUT2D eigenvalue weighted by atomic mass is 16.1. The molecule has 3 rings (SSSR count). The quantitative estimate of drug-likeness (QED) is 0.474. The second-order valence-electron chi connectivity index (χ2n) is 8.19. The van der Waals surface area contributed by atoms with Crippen LogP contribution in [0.4, 0.5) is 0 Å². The molecule has 0 saturated carbocycles. The summed E-state index contributed by atoms with van der Waals surface area (Å²) in [5.41, 5.74) is 21.8. The predicted molar refractivity (Wildman–Crippen MR) is 135 cm³/mol. The molecular formula is C25H39N7O2. The van der Waals surface area contributed by atoms with Crippen molar-refractivity contribution in [1.82, 2.24) is 20.6 Å². The molecular weight excluding hydrogens is 430 g/mol. The summed E-state index contributed by atoms with van der Waals surface area (Å²) in [4.78, 5) is 20.4. The highest BCUT2D eigenvalue weighted by molar-refractivity contribution is 5.93. The lowest BCUT2D eigenvalue weighted by Gasteiger charge is -2.35. The first-order valence-electron chi connectivity index (χ1n) is 11.7. The lowest BCUT2D eigenvalue weighted by Crippen LogP contribution is -2.38. The SMILES string of the molecule is CC.CC/C(C)=C\C1=C(C)C(C[C@@H](C)N)(c2nn[nH]n2)c2ccc(C(N)=O)cc2CC1.NC=O. The number of H-pyrrole nitrogens is 1. The summed E-state index contributed by atoms with van der Waals surface area (Å²) >= 11 is 0. The number of hydrogen-bond acceptors (Lipinski definition) is 6. The first-order chi connectivity index (χ1) is 16.2. The second-order valence-corrected chi connectivity index (χ2v) is 8.19. The standard InChI is InChI=1S/C22H30N6O.C2H6.CH3NO/c1-5-13(2)10-16-6-7-17-11-18(20(24)29)8-9-19(17)22(15(16)4,12-14(3)23)21-25-27-28-26-21;1-2;2-1-3/h8-11,14H,5-7,12,23H2,1-4H3,(H2,24,29)(H,25,26,27,28);1-2H3;1H,(H2,2,3)/b13-10-;;/t14-,22?;;/m1../s1. The molecule has 1 aromatic heterocycles. The maximum absolute atomic E-state index is 11.8. The molecule has 9 nitrogen and oxygen atoms in total. The number of aromatic nitrogens is 4. The summed E-state index contributed by atoms with van der Waals surface area (Å²) in [5.74, 6) is 0.170. The fourth-order valence-electron chi connectivity index (χ4n) is 4.35. The van der Waals surface area contributed by atoms with Crippen LogP contribution in [-0.4, -0.2) is 39.0 Å². The van der Waals surface area contributed by atoms with Crippen LogP contribution < -0.4 is 17.2 Å². The van der Waals surface area contributed by atoms with Gasteiger partial charge in [0.1, 0.15) is 0 Å². The molecule has 186 valence electrons. The van der Waals surface area contributed by atoms with E-state index in [9.17, 15) is 4.79 Å². The highest BCUT2D eigenvalue weighted by Gasteiger charge is 2.44. The van der Waals surface area contributed by atoms with Crippen LogP contribution in [0.25, 0.3) is 0 Å². The van der Waals surface area contributed by atoms with E-state index < -0.39 is 11.3 Å². The smallest absolute Gasteiger partial charge is 0.248 e. The summed E-state index contributed by atoms with van der Waals surface area (Å²) in [6, 6.07) is 5.57. The number of nitrogens with two attached hydrogens (primary N) is 3. The molecule has 7 N–H and O–H groups in total. The zero-order valence-electron chi connectivity index (χ0n) is 21.2. The minimum Gasteiger partial charge on any atom is -0.372 e. The van der Waals surface area contributed by atoms with E-state index in [1.165, 1.54) is 16.7 Å². The Hall–Kier alpha value is -3.33. The number of nitrogens with one attached hydrogen (secondary N) is 1. The highest BCUT2D eigenvalue weighted by Crippen LogP contribution is 2.47. The fourth-order valence-corrected chi connectivity index (χ4v) is 4.35. The van der Waals surface area contributed by atoms with Crippen LogP contribution in [0.3, 0.4) is 0 Å². The number of aromatic amines is 1. The summed E-state index contributed by atoms with van der Waals surface area (Å²) < 4.78 is 0. The number of hydrogen-bond donors (Lipinski definition) is 4. The van der Waals surface area contributed by atoms with Gasteiger partial charge in [0.25, 0.3) is 0 Å². The molecule has 1 aromatic carbocycles. The molecule has 0 saturated heterocycles. The number of aryl methyl sites for hydroxylation is 1. The van der Waals surface area contributed by atoms with E-state index in [2.05, 4.69) is 53.2 Å². The van der Waals surface area contributed by atoms with Crippen molar-refractivity contribution in [2.24, 2.45) is 17.2 Å². The normalized spacial score (nSPS) is 18.4. The van der Waals surface area contributed by atoms with Gasteiger partial charge in [-0.25, -0.2) is 0 Å². The zero-order chi connectivity index (χ0) is 25.9. The van der Waals surface area contributed by atoms with Gasteiger partial charge in [0.15, 0.2) is 5.82 Å². The molecule has 0 bridgehead atoms. The van der Waals surface area contributed by atoms with Crippen molar-refractivity contribution < 1.29 is 9.59 Å². The number of primary amides is 2. The minimum absolute atomic E-state index is 0.0947. The van der Waals surface area contributed by atoms with Crippen molar-refractivity contribution in [3.05, 3.63) is 63.5 Å². The van der Waals surface area contributed by atoms with E-state index >= 15 is 0 Å². The molecule has 0 spiro atoms. The van der Waals surface area contributed by atoms with Gasteiger partial charge in [-0.1, -0.05) is 49.3 Å². The largest absolute Gasteiger partial charge is 0.372 e. The molecule has 1 heterocycles. The van der Waals surface area contributed by atoms with Gasteiger partial charge < -0.3 is 17.2 Å². The predicted octanol–water partition coefficient (Wildman–Crippen LogP) is 3.07. The summed E-state index contributed by atoms with van der Waals surface area (Å²) in [6.07, 6.45) is 5.79. The van der Waals surface area contributed by atoms with Gasteiger partial charge in [-0.15, -0.1) is 10.2 Å². The Morgan fingerprint density at radius 1 is 1.29 bits per heavy atom. The molecule has 2 amide bonds. The number of carbonyl (C=O) groups excluding carboxylic acids is 2. The third-order valence-electron chi connectivity index (χ3n) is 5.97. The second kappa shape index (κ2) is 13.4. The van der Waals surface area contributed by atoms with Crippen molar-refractivity contribution in [3.8, 4) is 0 Å². The van der Waals surface area contributed by atoms with Crippen molar-refractivity contribution in [2.75, 3.05) is 0 Å². The fraction of sp³-hybridized carbons (Fsp3) is 0.480. The molecule has 0 fully saturated rings. The van der Waals surface area contributed by atoms with Gasteiger partial charge in [-0.05, 0) is 75.3 Å². The lowest BCUT2D eigenvalue weighted by atomic mass is 9.68. The number of tetrazole rings is 1. The van der Waals surface area contributed by atoms with Crippen LogP contribution in [-0.2, 0) is 16.6 Å². The topological polar surface area (TPSA) is 167 Å². The third kappa shape index (κ3) is 6.38. The maximum Gasteiger partial charge on any atom is 0.248 e. The van der Waals surface area contributed by atoms with Gasteiger partial charge in [-0.2, -0.15) is 5.21 Å². The van der Waals surface area contributed by atoms with Gasteiger partial charge in [0, 0.05) is 11.6 Å². The van der Waals surface area contributed by atoms with Crippen LogP contribution >= 0.6 is 0 Å². The molecule has 2 atom stereocenters. The van der Waals surface area contributed by atoms with Crippen LogP contribution in [0.2, 0.25) is 0 Å². The summed E-state index contributed by atoms with van der Waals surface area (Å²) in [7, 11) is 0. The Morgan fingerprint density at radius 2 is 1.94 bits per heavy atom. The number of rotatable bonds is 6. The molecule has 34 heavy (non-hydrogen) atoms. The van der Waals surface area contributed by atoms with Crippen LogP contribution in [0.1, 0.15) is 88.1 Å². The average molecular weight is 470 g/mol. The molecule has 1 aliphatic carbocycles.